The Morgan fingerprint density at radius 1 is 0.844 bits per heavy atom. The Morgan fingerprint density at radius 2 is 1.59 bits per heavy atom. The van der Waals surface area contributed by atoms with Gasteiger partial charge >= 0.3 is 5.97 Å². The van der Waals surface area contributed by atoms with E-state index in [0.29, 0.717) is 12.3 Å². The second kappa shape index (κ2) is 15.4. The first-order chi connectivity index (χ1) is 15.5. The molecule has 2 rings (SSSR count). The van der Waals surface area contributed by atoms with E-state index in [1.165, 1.54) is 110 Å². The average molecular weight is 449 g/mol. The lowest BCUT2D eigenvalue weighted by molar-refractivity contribution is -0.141. The van der Waals surface area contributed by atoms with Crippen molar-refractivity contribution in [1.82, 2.24) is 0 Å². The SMILES string of the molecule is CCCCCC(CC)CCC(C)CCC[C@H](C)C1CCC(C2CC[C@H](CC(=O)OC)C2)C1. The Labute approximate surface area is 201 Å². The highest BCUT2D eigenvalue weighted by Crippen LogP contribution is 2.47. The van der Waals surface area contributed by atoms with Crippen LogP contribution in [0.2, 0.25) is 0 Å². The predicted molar refractivity (Wildman–Crippen MR) is 138 cm³/mol. The minimum absolute atomic E-state index is 0.00972. The van der Waals surface area contributed by atoms with Crippen LogP contribution in [0.1, 0.15) is 137 Å². The summed E-state index contributed by atoms with van der Waals surface area (Å²) in [5.74, 6) is 6.13. The summed E-state index contributed by atoms with van der Waals surface area (Å²) in [7, 11) is 1.52. The average Bonchev–Trinajstić information content (AvgIpc) is 3.45. The fourth-order valence-corrected chi connectivity index (χ4v) is 6.97. The molecule has 0 heterocycles. The first kappa shape index (κ1) is 27.7. The van der Waals surface area contributed by atoms with E-state index in [1.54, 1.807) is 0 Å². The van der Waals surface area contributed by atoms with Gasteiger partial charge in [-0.15, -0.1) is 0 Å². The first-order valence-electron chi connectivity index (χ1n) is 14.5. The molecule has 32 heavy (non-hydrogen) atoms. The maximum absolute atomic E-state index is 11.6. The van der Waals surface area contributed by atoms with Crippen LogP contribution in [-0.4, -0.2) is 13.1 Å². The summed E-state index contributed by atoms with van der Waals surface area (Å²) in [5.41, 5.74) is 0. The summed E-state index contributed by atoms with van der Waals surface area (Å²) in [4.78, 5) is 11.6. The molecule has 0 saturated heterocycles. The molecule has 2 saturated carbocycles. The number of methoxy groups -OCH3 is 1. The maximum atomic E-state index is 11.6. The molecule has 0 aromatic carbocycles. The fraction of sp³-hybridized carbons (Fsp3) is 0.967. The van der Waals surface area contributed by atoms with Crippen molar-refractivity contribution in [1.29, 1.82) is 0 Å². The lowest BCUT2D eigenvalue weighted by Crippen LogP contribution is -2.13. The van der Waals surface area contributed by atoms with Crippen molar-refractivity contribution in [3.8, 4) is 0 Å². The van der Waals surface area contributed by atoms with E-state index in [4.69, 9.17) is 4.74 Å². The van der Waals surface area contributed by atoms with Crippen LogP contribution in [-0.2, 0) is 9.53 Å². The zero-order valence-corrected chi connectivity index (χ0v) is 22.4. The molecule has 2 heteroatoms. The molecule has 0 N–H and O–H groups in total. The van der Waals surface area contributed by atoms with Gasteiger partial charge in [0.1, 0.15) is 0 Å². The van der Waals surface area contributed by atoms with Gasteiger partial charge in [0.05, 0.1) is 7.11 Å². The molecule has 5 unspecified atom stereocenters. The summed E-state index contributed by atoms with van der Waals surface area (Å²) < 4.78 is 4.89. The van der Waals surface area contributed by atoms with Gasteiger partial charge in [-0.05, 0) is 80.0 Å². The van der Waals surface area contributed by atoms with Crippen LogP contribution in [0.25, 0.3) is 0 Å². The number of esters is 1. The van der Waals surface area contributed by atoms with Crippen LogP contribution in [0.15, 0.2) is 0 Å². The number of rotatable bonds is 16. The van der Waals surface area contributed by atoms with Crippen molar-refractivity contribution >= 4 is 5.97 Å². The molecule has 2 fully saturated rings. The molecule has 0 aliphatic heterocycles. The van der Waals surface area contributed by atoms with Crippen LogP contribution in [0.3, 0.4) is 0 Å². The topological polar surface area (TPSA) is 26.3 Å². The second-order valence-electron chi connectivity index (χ2n) is 11.9. The molecule has 2 aliphatic rings. The minimum atomic E-state index is -0.00972. The van der Waals surface area contributed by atoms with Crippen LogP contribution < -0.4 is 0 Å². The zero-order valence-electron chi connectivity index (χ0n) is 22.4. The van der Waals surface area contributed by atoms with Gasteiger partial charge in [-0.25, -0.2) is 0 Å². The van der Waals surface area contributed by atoms with Gasteiger partial charge in [-0.2, -0.15) is 0 Å². The third-order valence-electron chi connectivity index (χ3n) is 9.47. The molecule has 188 valence electrons. The minimum Gasteiger partial charge on any atom is -0.469 e. The van der Waals surface area contributed by atoms with Gasteiger partial charge < -0.3 is 4.74 Å². The number of carbonyl (C=O) groups is 1. The van der Waals surface area contributed by atoms with Crippen LogP contribution in [0, 0.1) is 41.4 Å². The third kappa shape index (κ3) is 9.76. The molecular formula is C30H56O2. The summed E-state index contributed by atoms with van der Waals surface area (Å²) in [6.45, 7) is 9.74. The number of hydrogen-bond acceptors (Lipinski definition) is 2. The molecule has 2 nitrogen and oxygen atoms in total. The van der Waals surface area contributed by atoms with Gasteiger partial charge in [0.2, 0.25) is 0 Å². The molecule has 0 aromatic heterocycles. The van der Waals surface area contributed by atoms with E-state index in [1.807, 2.05) is 0 Å². The van der Waals surface area contributed by atoms with Gasteiger partial charge in [-0.1, -0.05) is 91.9 Å². The summed E-state index contributed by atoms with van der Waals surface area (Å²) in [5, 5.41) is 0. The Morgan fingerprint density at radius 3 is 2.31 bits per heavy atom. The lowest BCUT2D eigenvalue weighted by Gasteiger charge is -2.23. The van der Waals surface area contributed by atoms with Crippen molar-refractivity contribution in [3.63, 3.8) is 0 Å². The molecule has 2 aliphatic carbocycles. The highest BCUT2D eigenvalue weighted by atomic mass is 16.5. The summed E-state index contributed by atoms with van der Waals surface area (Å²) in [6, 6.07) is 0. The quantitative estimate of drug-likeness (QED) is 0.174. The summed E-state index contributed by atoms with van der Waals surface area (Å²) >= 11 is 0. The van der Waals surface area contributed by atoms with Crippen molar-refractivity contribution in [2.45, 2.75) is 137 Å². The number of carbonyl (C=O) groups excluding carboxylic acids is 1. The highest BCUT2D eigenvalue weighted by molar-refractivity contribution is 5.69. The van der Waals surface area contributed by atoms with Crippen LogP contribution in [0.5, 0.6) is 0 Å². The molecule has 0 spiro atoms. The second-order valence-corrected chi connectivity index (χ2v) is 11.9. The smallest absolute Gasteiger partial charge is 0.305 e. The molecular weight excluding hydrogens is 392 g/mol. The van der Waals surface area contributed by atoms with E-state index >= 15 is 0 Å². The van der Waals surface area contributed by atoms with Gasteiger partial charge in [0.15, 0.2) is 0 Å². The van der Waals surface area contributed by atoms with Crippen molar-refractivity contribution in [2.24, 2.45) is 41.4 Å². The van der Waals surface area contributed by atoms with Crippen molar-refractivity contribution < 1.29 is 9.53 Å². The van der Waals surface area contributed by atoms with Crippen molar-refractivity contribution in [3.05, 3.63) is 0 Å². The molecule has 0 bridgehead atoms. The molecule has 7 atom stereocenters. The van der Waals surface area contributed by atoms with E-state index in [9.17, 15) is 4.79 Å². The number of unbranched alkanes of at least 4 members (excludes halogenated alkanes) is 2. The van der Waals surface area contributed by atoms with Gasteiger partial charge in [0, 0.05) is 6.42 Å². The van der Waals surface area contributed by atoms with Crippen molar-refractivity contribution in [2.75, 3.05) is 7.11 Å². The third-order valence-corrected chi connectivity index (χ3v) is 9.47. The monoisotopic (exact) mass is 448 g/mol. The lowest BCUT2D eigenvalue weighted by atomic mass is 9.83. The molecule has 0 amide bonds. The van der Waals surface area contributed by atoms with Gasteiger partial charge in [-0.3, -0.25) is 4.79 Å². The number of hydrogen-bond donors (Lipinski definition) is 0. The Hall–Kier alpha value is -0.530. The normalized spacial score (nSPS) is 28.5. The first-order valence-corrected chi connectivity index (χ1v) is 14.5. The zero-order chi connectivity index (χ0) is 23.3. The maximum Gasteiger partial charge on any atom is 0.305 e. The Balaban J connectivity index is 1.58. The van der Waals surface area contributed by atoms with E-state index < -0.39 is 0 Å². The largest absolute Gasteiger partial charge is 0.469 e. The number of ether oxygens (including phenoxy) is 1. The van der Waals surface area contributed by atoms with E-state index in [-0.39, 0.29) is 5.97 Å². The summed E-state index contributed by atoms with van der Waals surface area (Å²) in [6.07, 6.45) is 23.1. The van der Waals surface area contributed by atoms with Crippen LogP contribution in [0.4, 0.5) is 0 Å². The predicted octanol–water partition coefficient (Wildman–Crippen LogP) is 9.21. The van der Waals surface area contributed by atoms with E-state index in [0.717, 1.165) is 35.5 Å². The highest BCUT2D eigenvalue weighted by Gasteiger charge is 2.37. The Bertz CT molecular complexity index is 501. The molecule has 0 aromatic rings. The van der Waals surface area contributed by atoms with E-state index in [2.05, 4.69) is 27.7 Å². The standard InChI is InChI=1S/C30H56O2/c1-6-8-9-13-25(7-2)15-14-23(3)11-10-12-24(4)27-18-19-29(22-27)28-17-16-26(20-28)21-30(31)32-5/h23-29H,6-22H2,1-5H3/t23?,24-,25?,26-,27?,28?,29?/m0/s1. The molecule has 0 radical (unpaired) electrons. The Kier molecular flexibility index (Phi) is 13.3. The van der Waals surface area contributed by atoms with Gasteiger partial charge in [0.25, 0.3) is 0 Å². The fourth-order valence-electron chi connectivity index (χ4n) is 6.97. The van der Waals surface area contributed by atoms with Crippen LogP contribution >= 0.6 is 0 Å².